The largest absolute Gasteiger partial charge is 0.450 e. The summed E-state index contributed by atoms with van der Waals surface area (Å²) in [6.45, 7) is 2.47. The number of carbonyl (C=O) groups is 2. The van der Waals surface area contributed by atoms with E-state index in [9.17, 15) is 14.7 Å². The van der Waals surface area contributed by atoms with Crippen molar-refractivity contribution >= 4 is 11.9 Å². The molecular weight excluding hydrogens is 306 g/mol. The molecule has 0 bridgehead atoms. The van der Waals surface area contributed by atoms with Crippen LogP contribution < -0.4 is 5.73 Å². The highest BCUT2D eigenvalue weighted by molar-refractivity contribution is 5.99. The average Bonchev–Trinajstić information content (AvgIpc) is 2.62. The molecule has 1 amide bonds. The molecule has 0 spiro atoms. The highest BCUT2D eigenvalue weighted by atomic mass is 16.5. The van der Waals surface area contributed by atoms with Crippen LogP contribution in [0.1, 0.15) is 41.8 Å². The van der Waals surface area contributed by atoms with E-state index in [1.807, 2.05) is 19.1 Å². The number of amides is 1. The molecule has 0 saturated heterocycles. The zero-order valence-electron chi connectivity index (χ0n) is 13.7. The third-order valence-corrected chi connectivity index (χ3v) is 3.16. The summed E-state index contributed by atoms with van der Waals surface area (Å²) in [6.07, 6.45) is 0.151. The molecule has 1 atom stereocenters. The van der Waals surface area contributed by atoms with Crippen LogP contribution in [0, 0.1) is 0 Å². The second-order valence-corrected chi connectivity index (χ2v) is 5.06. The molecule has 0 heterocycles. The molecule has 2 rings (SSSR count). The molecule has 2 aromatic carbocycles. The fraction of sp³-hybridized carbons (Fsp3) is 0.263. The number of aliphatic hydroxyl groups is 1. The fourth-order valence-electron chi connectivity index (χ4n) is 1.86. The lowest BCUT2D eigenvalue weighted by Crippen LogP contribution is -2.13. The summed E-state index contributed by atoms with van der Waals surface area (Å²) in [4.78, 5) is 21.8. The third kappa shape index (κ3) is 7.07. The molecule has 0 aliphatic carbocycles. The number of hydrogen-bond acceptors (Lipinski definition) is 4. The van der Waals surface area contributed by atoms with Crippen LogP contribution in [0.5, 0.6) is 0 Å². The van der Waals surface area contributed by atoms with E-state index in [0.717, 1.165) is 12.8 Å². The van der Waals surface area contributed by atoms with Crippen molar-refractivity contribution in [3.05, 3.63) is 71.8 Å². The SMILES string of the molecule is CCCCOC(N)=O.O=C(c1ccccc1)C(O)c1ccccc1. The summed E-state index contributed by atoms with van der Waals surface area (Å²) < 4.78 is 4.42. The van der Waals surface area contributed by atoms with Gasteiger partial charge in [-0.15, -0.1) is 0 Å². The van der Waals surface area contributed by atoms with Crippen LogP contribution in [0.2, 0.25) is 0 Å². The zero-order valence-corrected chi connectivity index (χ0v) is 13.7. The van der Waals surface area contributed by atoms with E-state index in [1.165, 1.54) is 0 Å². The van der Waals surface area contributed by atoms with E-state index in [0.29, 0.717) is 17.7 Å². The molecule has 128 valence electrons. The van der Waals surface area contributed by atoms with E-state index < -0.39 is 12.2 Å². The van der Waals surface area contributed by atoms with Gasteiger partial charge in [0, 0.05) is 5.56 Å². The topological polar surface area (TPSA) is 89.6 Å². The molecule has 0 aromatic heterocycles. The van der Waals surface area contributed by atoms with Crippen LogP contribution in [-0.2, 0) is 4.74 Å². The predicted molar refractivity (Wildman–Crippen MR) is 92.6 cm³/mol. The van der Waals surface area contributed by atoms with Crippen LogP contribution in [0.4, 0.5) is 4.79 Å². The predicted octanol–water partition coefficient (Wildman–Crippen LogP) is 3.48. The van der Waals surface area contributed by atoms with Gasteiger partial charge in [0.1, 0.15) is 6.10 Å². The lowest BCUT2D eigenvalue weighted by Gasteiger charge is -2.09. The highest BCUT2D eigenvalue weighted by Crippen LogP contribution is 2.17. The van der Waals surface area contributed by atoms with Crippen molar-refractivity contribution in [3.63, 3.8) is 0 Å². The number of unbranched alkanes of at least 4 members (excludes halogenated alkanes) is 1. The third-order valence-electron chi connectivity index (χ3n) is 3.16. The first-order chi connectivity index (χ1) is 11.6. The minimum Gasteiger partial charge on any atom is -0.450 e. The molecule has 2 aromatic rings. The Balaban J connectivity index is 0.000000307. The lowest BCUT2D eigenvalue weighted by atomic mass is 10.0. The summed E-state index contributed by atoms with van der Waals surface area (Å²) in [5.74, 6) is -0.271. The van der Waals surface area contributed by atoms with Gasteiger partial charge in [-0.05, 0) is 12.0 Å². The van der Waals surface area contributed by atoms with Gasteiger partial charge in [0.2, 0.25) is 0 Å². The van der Waals surface area contributed by atoms with Crippen LogP contribution in [-0.4, -0.2) is 23.6 Å². The zero-order chi connectivity index (χ0) is 17.8. The molecule has 0 aliphatic heterocycles. The summed E-state index contributed by atoms with van der Waals surface area (Å²) in [5, 5.41) is 9.89. The molecule has 1 unspecified atom stereocenters. The van der Waals surface area contributed by atoms with Gasteiger partial charge in [0.15, 0.2) is 5.78 Å². The second-order valence-electron chi connectivity index (χ2n) is 5.06. The Morgan fingerprint density at radius 1 is 1.04 bits per heavy atom. The van der Waals surface area contributed by atoms with Crippen molar-refractivity contribution in [2.75, 3.05) is 6.61 Å². The quantitative estimate of drug-likeness (QED) is 0.627. The summed E-state index contributed by atoms with van der Waals surface area (Å²) in [7, 11) is 0. The molecule has 5 nitrogen and oxygen atoms in total. The van der Waals surface area contributed by atoms with Gasteiger partial charge in [-0.2, -0.15) is 0 Å². The second kappa shape index (κ2) is 11.0. The van der Waals surface area contributed by atoms with Crippen molar-refractivity contribution in [2.24, 2.45) is 5.73 Å². The first-order valence-corrected chi connectivity index (χ1v) is 7.80. The summed E-state index contributed by atoms with van der Waals surface area (Å²) >= 11 is 0. The maximum atomic E-state index is 11.9. The molecule has 0 aliphatic rings. The lowest BCUT2D eigenvalue weighted by molar-refractivity contribution is 0.0747. The van der Waals surface area contributed by atoms with Crippen molar-refractivity contribution < 1.29 is 19.4 Å². The van der Waals surface area contributed by atoms with Crippen molar-refractivity contribution in [1.82, 2.24) is 0 Å². The molecule has 3 N–H and O–H groups in total. The van der Waals surface area contributed by atoms with E-state index in [2.05, 4.69) is 10.5 Å². The van der Waals surface area contributed by atoms with E-state index >= 15 is 0 Å². The van der Waals surface area contributed by atoms with E-state index in [-0.39, 0.29) is 5.78 Å². The van der Waals surface area contributed by atoms with Gasteiger partial charge in [0.05, 0.1) is 6.61 Å². The summed E-state index contributed by atoms with van der Waals surface area (Å²) in [6, 6.07) is 17.7. The molecule has 5 heteroatoms. The number of rotatable bonds is 6. The van der Waals surface area contributed by atoms with Crippen molar-refractivity contribution in [1.29, 1.82) is 0 Å². The molecule has 0 saturated carbocycles. The number of nitrogens with two attached hydrogens (primary N) is 1. The Morgan fingerprint density at radius 2 is 1.58 bits per heavy atom. The Bertz CT molecular complexity index is 614. The molecule has 0 radical (unpaired) electrons. The maximum Gasteiger partial charge on any atom is 0.404 e. The monoisotopic (exact) mass is 329 g/mol. The summed E-state index contributed by atoms with van der Waals surface area (Å²) in [5.41, 5.74) is 5.82. The number of carbonyl (C=O) groups excluding carboxylic acids is 2. The number of ketones is 1. The number of primary amides is 1. The van der Waals surface area contributed by atoms with E-state index in [1.54, 1.807) is 48.5 Å². The fourth-order valence-corrected chi connectivity index (χ4v) is 1.86. The number of Topliss-reactive ketones (excluding diaryl/α,β-unsaturated/α-hetero) is 1. The van der Waals surface area contributed by atoms with E-state index in [4.69, 9.17) is 0 Å². The van der Waals surface area contributed by atoms with Crippen LogP contribution in [0.15, 0.2) is 60.7 Å². The minimum atomic E-state index is -1.08. The van der Waals surface area contributed by atoms with Crippen molar-refractivity contribution in [2.45, 2.75) is 25.9 Å². The maximum absolute atomic E-state index is 11.9. The Hall–Kier alpha value is -2.66. The first-order valence-electron chi connectivity index (χ1n) is 7.80. The average molecular weight is 329 g/mol. The number of hydrogen-bond donors (Lipinski definition) is 2. The van der Waals surface area contributed by atoms with Crippen LogP contribution >= 0.6 is 0 Å². The smallest absolute Gasteiger partial charge is 0.404 e. The van der Waals surface area contributed by atoms with Crippen molar-refractivity contribution in [3.8, 4) is 0 Å². The van der Waals surface area contributed by atoms with Gasteiger partial charge in [0.25, 0.3) is 0 Å². The number of aliphatic hydroxyl groups excluding tert-OH is 1. The normalized spacial score (nSPS) is 10.9. The van der Waals surface area contributed by atoms with Gasteiger partial charge >= 0.3 is 6.09 Å². The number of ether oxygens (including phenoxy) is 1. The Morgan fingerprint density at radius 3 is 2.08 bits per heavy atom. The Kier molecular flexibility index (Phi) is 8.86. The van der Waals surface area contributed by atoms with Gasteiger partial charge in [-0.3, -0.25) is 4.79 Å². The molecule has 0 fully saturated rings. The van der Waals surface area contributed by atoms with Crippen LogP contribution in [0.25, 0.3) is 0 Å². The highest BCUT2D eigenvalue weighted by Gasteiger charge is 2.18. The van der Waals surface area contributed by atoms with Gasteiger partial charge < -0.3 is 15.6 Å². The minimum absolute atomic E-state index is 0.271. The molecular formula is C19H23NO4. The molecule has 24 heavy (non-hydrogen) atoms. The van der Waals surface area contributed by atoms with Crippen LogP contribution in [0.3, 0.4) is 0 Å². The number of benzene rings is 2. The van der Waals surface area contributed by atoms with Gasteiger partial charge in [-0.25, -0.2) is 4.79 Å². The first kappa shape index (κ1) is 19.4. The standard InChI is InChI=1S/C14H12O2.C5H11NO2/c15-13(11-7-3-1-4-8-11)14(16)12-9-5-2-6-10-12;1-2-3-4-8-5(6)7/h1-10,13,15H;2-4H2,1H3,(H2,6,7). The van der Waals surface area contributed by atoms with Gasteiger partial charge in [-0.1, -0.05) is 74.0 Å². The Labute approximate surface area is 142 Å².